The van der Waals surface area contributed by atoms with Crippen LogP contribution in [0.3, 0.4) is 0 Å². The third-order valence-electron chi connectivity index (χ3n) is 8.56. The highest BCUT2D eigenvalue weighted by molar-refractivity contribution is 5.46. The van der Waals surface area contributed by atoms with Gasteiger partial charge >= 0.3 is 0 Å². The van der Waals surface area contributed by atoms with Crippen molar-refractivity contribution in [2.24, 2.45) is 17.8 Å². The van der Waals surface area contributed by atoms with Gasteiger partial charge in [-0.15, -0.1) is 0 Å². The zero-order chi connectivity index (χ0) is 25.2. The molecule has 0 radical (unpaired) electrons. The summed E-state index contributed by atoms with van der Waals surface area (Å²) in [6.45, 7) is 8.69. The Hall–Kier alpha value is -3.22. The number of hydrogen-bond acceptors (Lipinski definition) is 1. The van der Waals surface area contributed by atoms with Gasteiger partial charge in [0.15, 0.2) is 0 Å². The number of halogens is 1. The molecule has 0 spiro atoms. The summed E-state index contributed by atoms with van der Waals surface area (Å²) < 4.78 is 14.6. The van der Waals surface area contributed by atoms with Crippen molar-refractivity contribution in [2.75, 3.05) is 19.6 Å². The fraction of sp³-hybridized carbons (Fsp3) is 0.364. The molecule has 0 bridgehead atoms. The van der Waals surface area contributed by atoms with Crippen LogP contribution in [-0.2, 0) is 12.0 Å². The highest BCUT2D eigenvalue weighted by Gasteiger charge is 2.64. The van der Waals surface area contributed by atoms with Crippen LogP contribution in [0.2, 0.25) is 0 Å². The van der Waals surface area contributed by atoms with E-state index in [9.17, 15) is 9.65 Å². The quantitative estimate of drug-likeness (QED) is 0.234. The molecule has 3 aromatic rings. The van der Waals surface area contributed by atoms with Gasteiger partial charge in [-0.3, -0.25) is 0 Å². The van der Waals surface area contributed by atoms with Crippen molar-refractivity contribution in [2.45, 2.75) is 38.6 Å². The van der Waals surface area contributed by atoms with E-state index in [0.717, 1.165) is 54.6 Å². The van der Waals surface area contributed by atoms with E-state index in [1.54, 1.807) is 12.1 Å². The number of nitrogens with zero attached hydrogens (tertiary/aromatic N) is 2. The van der Waals surface area contributed by atoms with Crippen molar-refractivity contribution in [1.29, 1.82) is 5.26 Å². The highest BCUT2D eigenvalue weighted by atomic mass is 19.1. The van der Waals surface area contributed by atoms with E-state index in [4.69, 9.17) is 0 Å². The topological polar surface area (TPSA) is 23.8 Å². The zero-order valence-electron chi connectivity index (χ0n) is 21.4. The summed E-state index contributed by atoms with van der Waals surface area (Å²) in [5.74, 6) is 1.69. The van der Waals surface area contributed by atoms with E-state index in [1.165, 1.54) is 11.1 Å². The molecule has 0 amide bonds. The molecule has 1 saturated heterocycles. The first kappa shape index (κ1) is 24.5. The Bertz CT molecular complexity index is 1180. The Balaban J connectivity index is 1.37. The van der Waals surface area contributed by atoms with Gasteiger partial charge in [-0.1, -0.05) is 84.4 Å². The normalized spacial score (nSPS) is 24.6. The summed E-state index contributed by atoms with van der Waals surface area (Å²) in [5, 5.41) is 10.6. The van der Waals surface area contributed by atoms with Gasteiger partial charge in [-0.2, -0.15) is 5.26 Å². The van der Waals surface area contributed by atoms with E-state index >= 15 is 0 Å². The average molecular weight is 480 g/mol. The van der Waals surface area contributed by atoms with Gasteiger partial charge in [-0.05, 0) is 49.4 Å². The number of piperidine rings is 1. The minimum atomic E-state index is -0.619. The average Bonchev–Trinajstić information content (AvgIpc) is 3.35. The third kappa shape index (κ3) is 4.88. The van der Waals surface area contributed by atoms with Crippen LogP contribution in [0.15, 0.2) is 96.6 Å². The van der Waals surface area contributed by atoms with Gasteiger partial charge in [0.2, 0.25) is 0 Å². The lowest BCUT2D eigenvalue weighted by atomic mass is 9.71. The van der Waals surface area contributed by atoms with Gasteiger partial charge in [0, 0.05) is 23.8 Å². The number of likely N-dealkylation sites (tertiary alicyclic amines) is 1. The lowest BCUT2D eigenvalue weighted by molar-refractivity contribution is -0.934. The largest absolute Gasteiger partial charge is 0.319 e. The number of allylic oxidation sites excluding steroid dienone is 1. The van der Waals surface area contributed by atoms with E-state index in [-0.39, 0.29) is 5.82 Å². The van der Waals surface area contributed by atoms with Crippen LogP contribution in [0, 0.1) is 34.9 Å². The minimum Gasteiger partial charge on any atom is -0.319 e. The Kier molecular flexibility index (Phi) is 6.82. The van der Waals surface area contributed by atoms with Crippen molar-refractivity contribution in [3.8, 4) is 6.07 Å². The SMILES string of the molecule is CC(C)=CCC[N+]1(Cc2ccc(F)cc2)CC2C(CC(C#N)(c3ccccc3)c3ccccc3)C2C1. The number of hydrogen-bond donors (Lipinski definition) is 0. The fourth-order valence-electron chi connectivity index (χ4n) is 6.71. The number of quaternary nitrogens is 1. The van der Waals surface area contributed by atoms with Crippen LogP contribution < -0.4 is 0 Å². The van der Waals surface area contributed by atoms with E-state index in [1.807, 2.05) is 48.5 Å². The van der Waals surface area contributed by atoms with Crippen LogP contribution in [0.4, 0.5) is 4.39 Å². The van der Waals surface area contributed by atoms with Crippen LogP contribution in [0.5, 0.6) is 0 Å². The standard InChI is InChI=1S/C33H36FN2/c1-25(2)10-9-19-36(21-26-15-17-29(34)18-16-26)22-31-30(32(31)23-36)20-33(24-35,27-11-5-3-6-12-27)28-13-7-4-8-14-28/h3-8,10-18,30-32H,9,19-23H2,1-2H3/q+1. The molecule has 1 saturated carbocycles. The number of benzene rings is 3. The molecule has 1 aliphatic carbocycles. The molecular formula is C33H36FN2+. The molecule has 2 nitrogen and oxygen atoms in total. The maximum Gasteiger partial charge on any atom is 0.123 e. The predicted molar refractivity (Wildman–Crippen MR) is 143 cm³/mol. The fourth-order valence-corrected chi connectivity index (χ4v) is 6.71. The Morgan fingerprint density at radius 3 is 1.97 bits per heavy atom. The van der Waals surface area contributed by atoms with Crippen LogP contribution in [0.1, 0.15) is 43.4 Å². The van der Waals surface area contributed by atoms with Crippen molar-refractivity contribution >= 4 is 0 Å². The zero-order valence-corrected chi connectivity index (χ0v) is 21.4. The van der Waals surface area contributed by atoms with Gasteiger partial charge in [0.25, 0.3) is 0 Å². The summed E-state index contributed by atoms with van der Waals surface area (Å²) in [5.41, 5.74) is 4.15. The highest BCUT2D eigenvalue weighted by Crippen LogP contribution is 2.60. The molecule has 5 rings (SSSR count). The molecule has 3 aromatic carbocycles. The minimum absolute atomic E-state index is 0.172. The molecule has 3 heteroatoms. The van der Waals surface area contributed by atoms with E-state index in [2.05, 4.69) is 50.3 Å². The maximum atomic E-state index is 13.5. The number of fused-ring (bicyclic) bond motifs is 1. The summed E-state index contributed by atoms with van der Waals surface area (Å²) >= 11 is 0. The summed E-state index contributed by atoms with van der Waals surface area (Å²) in [6.07, 6.45) is 4.29. The second kappa shape index (κ2) is 10.0. The molecule has 184 valence electrons. The Labute approximate surface area is 215 Å². The first-order chi connectivity index (χ1) is 17.4. The molecule has 2 unspecified atom stereocenters. The van der Waals surface area contributed by atoms with E-state index in [0.29, 0.717) is 17.8 Å². The third-order valence-corrected chi connectivity index (χ3v) is 8.56. The molecule has 1 heterocycles. The number of nitriles is 1. The second-order valence-electron chi connectivity index (χ2n) is 11.2. The van der Waals surface area contributed by atoms with E-state index < -0.39 is 5.41 Å². The summed E-state index contributed by atoms with van der Waals surface area (Å²) in [7, 11) is 0. The molecule has 2 fully saturated rings. The molecule has 2 atom stereocenters. The van der Waals surface area contributed by atoms with Crippen molar-refractivity contribution < 1.29 is 8.87 Å². The summed E-state index contributed by atoms with van der Waals surface area (Å²) in [6, 6.07) is 30.5. The molecular weight excluding hydrogens is 443 g/mol. The van der Waals surface area contributed by atoms with Crippen LogP contribution >= 0.6 is 0 Å². The first-order valence-corrected chi connectivity index (χ1v) is 13.2. The lowest BCUT2D eigenvalue weighted by Crippen LogP contribution is -2.48. The van der Waals surface area contributed by atoms with Gasteiger partial charge < -0.3 is 4.48 Å². The molecule has 0 aromatic heterocycles. The van der Waals surface area contributed by atoms with Crippen molar-refractivity contribution in [1.82, 2.24) is 0 Å². The maximum absolute atomic E-state index is 13.5. The molecule has 0 N–H and O–H groups in total. The molecule has 36 heavy (non-hydrogen) atoms. The Morgan fingerprint density at radius 1 is 0.917 bits per heavy atom. The monoisotopic (exact) mass is 479 g/mol. The van der Waals surface area contributed by atoms with Gasteiger partial charge in [0.1, 0.15) is 17.8 Å². The van der Waals surface area contributed by atoms with Gasteiger partial charge in [0.05, 0.1) is 25.7 Å². The smallest absolute Gasteiger partial charge is 0.123 e. The molecule has 1 aliphatic heterocycles. The van der Waals surface area contributed by atoms with Gasteiger partial charge in [-0.25, -0.2) is 4.39 Å². The van der Waals surface area contributed by atoms with Crippen molar-refractivity contribution in [3.63, 3.8) is 0 Å². The Morgan fingerprint density at radius 2 is 1.47 bits per heavy atom. The number of rotatable bonds is 9. The van der Waals surface area contributed by atoms with Crippen LogP contribution in [0.25, 0.3) is 0 Å². The second-order valence-corrected chi connectivity index (χ2v) is 11.2. The lowest BCUT2D eigenvalue weighted by Gasteiger charge is -2.38. The summed E-state index contributed by atoms with van der Waals surface area (Å²) in [4.78, 5) is 0. The first-order valence-electron chi connectivity index (χ1n) is 13.2. The predicted octanol–water partition coefficient (Wildman–Crippen LogP) is 7.27. The van der Waals surface area contributed by atoms with Crippen LogP contribution in [-0.4, -0.2) is 24.1 Å². The van der Waals surface area contributed by atoms with Crippen molar-refractivity contribution in [3.05, 3.63) is 119 Å². The molecule has 2 aliphatic rings.